The molecular weight excluding hydrogens is 170 g/mol. The number of aromatic nitrogens is 1. The maximum atomic E-state index is 3.78. The quantitative estimate of drug-likeness (QED) is 0.649. The van der Waals surface area contributed by atoms with Crippen molar-refractivity contribution in [3.63, 3.8) is 0 Å². The molecule has 1 heteroatoms. The Balaban J connectivity index is 0.000000249. The van der Waals surface area contributed by atoms with Gasteiger partial charge in [-0.3, -0.25) is 4.98 Å². The molecule has 80 valence electrons. The van der Waals surface area contributed by atoms with E-state index >= 15 is 0 Å². The molecular formula is C13H23N. The molecule has 1 rings (SSSR count). The summed E-state index contributed by atoms with van der Waals surface area (Å²) in [6, 6.07) is 5.72. The van der Waals surface area contributed by atoms with E-state index in [-0.39, 0.29) is 0 Å². The van der Waals surface area contributed by atoms with Crippen LogP contribution in [0.15, 0.2) is 30.6 Å². The van der Waals surface area contributed by atoms with E-state index in [0.717, 1.165) is 5.92 Å². The van der Waals surface area contributed by atoms with Gasteiger partial charge in [0.25, 0.3) is 0 Å². The molecule has 0 spiro atoms. The Morgan fingerprint density at radius 3 is 1.93 bits per heavy atom. The van der Waals surface area contributed by atoms with E-state index < -0.39 is 0 Å². The van der Waals surface area contributed by atoms with Crippen LogP contribution in [0, 0.1) is 5.92 Å². The molecule has 0 atom stereocenters. The van der Waals surface area contributed by atoms with Crippen molar-refractivity contribution in [2.45, 2.75) is 46.5 Å². The van der Waals surface area contributed by atoms with E-state index in [9.17, 15) is 0 Å². The molecule has 0 aromatic carbocycles. The molecule has 1 aromatic heterocycles. The maximum absolute atomic E-state index is 3.78. The molecule has 0 aliphatic rings. The number of hydrogen-bond donors (Lipinski definition) is 0. The second-order valence-electron chi connectivity index (χ2n) is 3.91. The average molecular weight is 193 g/mol. The predicted octanol–water partition coefficient (Wildman–Crippen LogP) is 4.30. The number of unbranched alkanes of at least 4 members (excludes halogenated alkanes) is 2. The molecule has 0 radical (unpaired) electrons. The van der Waals surface area contributed by atoms with Gasteiger partial charge in [0, 0.05) is 12.4 Å². The zero-order chi connectivity index (χ0) is 10.6. The molecule has 0 N–H and O–H groups in total. The van der Waals surface area contributed by atoms with E-state index in [2.05, 4.69) is 25.8 Å². The summed E-state index contributed by atoms with van der Waals surface area (Å²) in [6.45, 7) is 6.83. The number of nitrogens with zero attached hydrogens (tertiary/aromatic N) is 1. The fourth-order valence-corrected chi connectivity index (χ4v) is 1.12. The van der Waals surface area contributed by atoms with Gasteiger partial charge in [-0.15, -0.1) is 0 Å². The third kappa shape index (κ3) is 11.2. The lowest BCUT2D eigenvalue weighted by Gasteiger charge is -2.00. The van der Waals surface area contributed by atoms with Gasteiger partial charge in [0.15, 0.2) is 0 Å². The summed E-state index contributed by atoms with van der Waals surface area (Å²) >= 11 is 0. The van der Waals surface area contributed by atoms with E-state index in [1.54, 1.807) is 12.4 Å². The predicted molar refractivity (Wildman–Crippen MR) is 63.2 cm³/mol. The Morgan fingerprint density at radius 2 is 1.64 bits per heavy atom. The largest absolute Gasteiger partial charge is 0.265 e. The standard InChI is InChI=1S/C8H18.C5H5N/c1-4-5-6-7-8(2)3;1-2-4-6-5-3-1/h8H,4-7H2,1-3H3;1-5H. The third-order valence-corrected chi connectivity index (χ3v) is 1.95. The van der Waals surface area contributed by atoms with E-state index in [0.29, 0.717) is 0 Å². The highest BCUT2D eigenvalue weighted by Crippen LogP contribution is 2.06. The molecule has 1 nitrogen and oxygen atoms in total. The third-order valence-electron chi connectivity index (χ3n) is 1.95. The van der Waals surface area contributed by atoms with Gasteiger partial charge in [0.1, 0.15) is 0 Å². The minimum atomic E-state index is 0.904. The van der Waals surface area contributed by atoms with Gasteiger partial charge >= 0.3 is 0 Å². The van der Waals surface area contributed by atoms with Gasteiger partial charge in [0.05, 0.1) is 0 Å². The van der Waals surface area contributed by atoms with Gasteiger partial charge in [-0.05, 0) is 18.1 Å². The molecule has 0 aliphatic heterocycles. The van der Waals surface area contributed by atoms with Crippen molar-refractivity contribution in [3.05, 3.63) is 30.6 Å². The average Bonchev–Trinajstić information content (AvgIpc) is 2.21. The molecule has 1 aromatic rings. The summed E-state index contributed by atoms with van der Waals surface area (Å²) in [5, 5.41) is 0. The van der Waals surface area contributed by atoms with Crippen molar-refractivity contribution in [2.75, 3.05) is 0 Å². The van der Waals surface area contributed by atoms with Crippen LogP contribution in [0.1, 0.15) is 46.5 Å². The molecule has 0 saturated carbocycles. The molecule has 0 fully saturated rings. The molecule has 0 bridgehead atoms. The van der Waals surface area contributed by atoms with Crippen molar-refractivity contribution in [1.82, 2.24) is 4.98 Å². The first-order valence-electron chi connectivity index (χ1n) is 5.62. The number of rotatable bonds is 4. The van der Waals surface area contributed by atoms with Crippen LogP contribution in [0.4, 0.5) is 0 Å². The van der Waals surface area contributed by atoms with Crippen molar-refractivity contribution in [2.24, 2.45) is 5.92 Å². The smallest absolute Gasteiger partial charge is 0.0267 e. The van der Waals surface area contributed by atoms with Gasteiger partial charge in [-0.2, -0.15) is 0 Å². The summed E-state index contributed by atoms with van der Waals surface area (Å²) < 4.78 is 0. The second-order valence-corrected chi connectivity index (χ2v) is 3.91. The highest BCUT2D eigenvalue weighted by Gasteiger charge is 1.90. The van der Waals surface area contributed by atoms with E-state index in [4.69, 9.17) is 0 Å². The second kappa shape index (κ2) is 10.2. The van der Waals surface area contributed by atoms with Crippen molar-refractivity contribution in [1.29, 1.82) is 0 Å². The summed E-state index contributed by atoms with van der Waals surface area (Å²) in [5.41, 5.74) is 0. The van der Waals surface area contributed by atoms with Crippen LogP contribution in [0.25, 0.3) is 0 Å². The number of pyridine rings is 1. The Kier molecular flexibility index (Phi) is 9.61. The van der Waals surface area contributed by atoms with Crippen LogP contribution >= 0.6 is 0 Å². The zero-order valence-corrected chi connectivity index (χ0v) is 9.74. The molecule has 14 heavy (non-hydrogen) atoms. The van der Waals surface area contributed by atoms with Crippen molar-refractivity contribution >= 4 is 0 Å². The summed E-state index contributed by atoms with van der Waals surface area (Å²) in [4.78, 5) is 3.78. The fourth-order valence-electron chi connectivity index (χ4n) is 1.12. The van der Waals surface area contributed by atoms with Crippen molar-refractivity contribution in [3.8, 4) is 0 Å². The van der Waals surface area contributed by atoms with Crippen LogP contribution in [-0.2, 0) is 0 Å². The summed E-state index contributed by atoms with van der Waals surface area (Å²) in [6.07, 6.45) is 9.10. The summed E-state index contributed by atoms with van der Waals surface area (Å²) in [5.74, 6) is 0.904. The van der Waals surface area contributed by atoms with Crippen LogP contribution in [0.3, 0.4) is 0 Å². The minimum absolute atomic E-state index is 0.904. The lowest BCUT2D eigenvalue weighted by molar-refractivity contribution is 0.534. The molecule has 0 saturated heterocycles. The van der Waals surface area contributed by atoms with Crippen LogP contribution < -0.4 is 0 Å². The first-order chi connectivity index (χ1) is 6.77. The van der Waals surface area contributed by atoms with E-state index in [1.807, 2.05) is 18.2 Å². The Bertz CT molecular complexity index is 155. The van der Waals surface area contributed by atoms with Crippen LogP contribution in [-0.4, -0.2) is 4.98 Å². The molecule has 0 unspecified atom stereocenters. The lowest BCUT2D eigenvalue weighted by Crippen LogP contribution is -1.85. The van der Waals surface area contributed by atoms with Gasteiger partial charge in [-0.1, -0.05) is 52.5 Å². The Hall–Kier alpha value is -0.850. The first kappa shape index (κ1) is 13.2. The zero-order valence-electron chi connectivity index (χ0n) is 9.74. The summed E-state index contributed by atoms with van der Waals surface area (Å²) in [7, 11) is 0. The molecule has 0 aliphatic carbocycles. The van der Waals surface area contributed by atoms with Gasteiger partial charge in [0.2, 0.25) is 0 Å². The highest BCUT2D eigenvalue weighted by molar-refractivity contribution is 4.88. The normalized spacial score (nSPS) is 9.43. The SMILES string of the molecule is CCCCCC(C)C.c1ccncc1. The Labute approximate surface area is 88.6 Å². The molecule has 0 amide bonds. The first-order valence-corrected chi connectivity index (χ1v) is 5.62. The van der Waals surface area contributed by atoms with Gasteiger partial charge < -0.3 is 0 Å². The highest BCUT2D eigenvalue weighted by atomic mass is 14.6. The fraction of sp³-hybridized carbons (Fsp3) is 0.615. The number of hydrogen-bond acceptors (Lipinski definition) is 1. The van der Waals surface area contributed by atoms with Crippen LogP contribution in [0.2, 0.25) is 0 Å². The van der Waals surface area contributed by atoms with E-state index in [1.165, 1.54) is 25.7 Å². The maximum Gasteiger partial charge on any atom is 0.0267 e. The van der Waals surface area contributed by atoms with Gasteiger partial charge in [-0.25, -0.2) is 0 Å². The minimum Gasteiger partial charge on any atom is -0.265 e. The molecule has 1 heterocycles. The van der Waals surface area contributed by atoms with Crippen LogP contribution in [0.5, 0.6) is 0 Å². The van der Waals surface area contributed by atoms with Crippen molar-refractivity contribution < 1.29 is 0 Å². The lowest BCUT2D eigenvalue weighted by atomic mass is 10.1. The monoisotopic (exact) mass is 193 g/mol. The topological polar surface area (TPSA) is 12.9 Å². The Morgan fingerprint density at radius 1 is 1.00 bits per heavy atom.